The predicted molar refractivity (Wildman–Crippen MR) is 89.6 cm³/mol. The third-order valence-electron chi connectivity index (χ3n) is 3.81. The molecule has 1 heterocycles. The van der Waals surface area contributed by atoms with Gasteiger partial charge in [0.15, 0.2) is 0 Å². The fraction of sp³-hybridized carbons (Fsp3) is 0.500. The summed E-state index contributed by atoms with van der Waals surface area (Å²) in [6.45, 7) is 9.97. The SMILES string of the molecule is Cc1cc(C)c(S(=O)(=O)NC(Cn2nccn2)C(C)C)c(C)c1. The van der Waals surface area contributed by atoms with Gasteiger partial charge >= 0.3 is 0 Å². The van der Waals surface area contributed by atoms with Crippen molar-refractivity contribution in [3.63, 3.8) is 0 Å². The number of nitrogens with zero attached hydrogens (tertiary/aromatic N) is 3. The molecular weight excluding hydrogens is 312 g/mol. The van der Waals surface area contributed by atoms with E-state index in [1.165, 1.54) is 4.80 Å². The lowest BCUT2D eigenvalue weighted by Gasteiger charge is -2.23. The van der Waals surface area contributed by atoms with E-state index in [1.54, 1.807) is 12.4 Å². The van der Waals surface area contributed by atoms with Gasteiger partial charge in [0.05, 0.1) is 23.8 Å². The predicted octanol–water partition coefficient (Wildman–Crippen LogP) is 2.21. The van der Waals surface area contributed by atoms with Gasteiger partial charge in [0.25, 0.3) is 0 Å². The van der Waals surface area contributed by atoms with Crippen LogP contribution in [0.3, 0.4) is 0 Å². The number of hydrogen-bond acceptors (Lipinski definition) is 4. The quantitative estimate of drug-likeness (QED) is 0.877. The van der Waals surface area contributed by atoms with Crippen molar-refractivity contribution in [1.82, 2.24) is 19.7 Å². The summed E-state index contributed by atoms with van der Waals surface area (Å²) in [5.74, 6) is 0.113. The lowest BCUT2D eigenvalue weighted by molar-refractivity contribution is 0.361. The first-order valence-electron chi connectivity index (χ1n) is 7.65. The summed E-state index contributed by atoms with van der Waals surface area (Å²) in [5, 5.41) is 8.12. The van der Waals surface area contributed by atoms with E-state index in [1.807, 2.05) is 46.8 Å². The first kappa shape index (κ1) is 17.6. The summed E-state index contributed by atoms with van der Waals surface area (Å²) in [6, 6.07) is 3.50. The first-order chi connectivity index (χ1) is 10.7. The van der Waals surface area contributed by atoms with Gasteiger partial charge in [0, 0.05) is 6.04 Å². The van der Waals surface area contributed by atoms with Crippen molar-refractivity contribution in [3.8, 4) is 0 Å². The lowest BCUT2D eigenvalue weighted by Crippen LogP contribution is -2.42. The number of rotatable bonds is 6. The molecule has 1 unspecified atom stereocenters. The fourth-order valence-electron chi connectivity index (χ4n) is 2.75. The minimum Gasteiger partial charge on any atom is -0.207 e. The first-order valence-corrected chi connectivity index (χ1v) is 9.13. The summed E-state index contributed by atoms with van der Waals surface area (Å²) >= 11 is 0. The van der Waals surface area contributed by atoms with Crippen molar-refractivity contribution >= 4 is 10.0 Å². The second kappa shape index (κ2) is 6.80. The molecule has 2 aromatic rings. The van der Waals surface area contributed by atoms with Gasteiger partial charge in [-0.25, -0.2) is 13.1 Å². The molecule has 126 valence electrons. The molecule has 0 spiro atoms. The summed E-state index contributed by atoms with van der Waals surface area (Å²) in [7, 11) is -3.60. The van der Waals surface area contributed by atoms with E-state index < -0.39 is 10.0 Å². The molecule has 0 saturated carbocycles. The molecule has 0 amide bonds. The van der Waals surface area contributed by atoms with Crippen molar-refractivity contribution < 1.29 is 8.42 Å². The molecule has 6 nitrogen and oxygen atoms in total. The summed E-state index contributed by atoms with van der Waals surface area (Å²) in [6.07, 6.45) is 3.17. The molecule has 0 aliphatic rings. The van der Waals surface area contributed by atoms with E-state index in [4.69, 9.17) is 0 Å². The van der Waals surface area contributed by atoms with Crippen LogP contribution in [0.25, 0.3) is 0 Å². The van der Waals surface area contributed by atoms with Crippen molar-refractivity contribution in [2.24, 2.45) is 5.92 Å². The normalized spacial score (nSPS) is 13.5. The highest BCUT2D eigenvalue weighted by atomic mass is 32.2. The average Bonchev–Trinajstić information content (AvgIpc) is 2.88. The number of sulfonamides is 1. The third kappa shape index (κ3) is 4.17. The van der Waals surface area contributed by atoms with Gasteiger partial charge in [0.1, 0.15) is 0 Å². The maximum absolute atomic E-state index is 12.9. The highest BCUT2D eigenvalue weighted by Crippen LogP contribution is 2.22. The zero-order chi connectivity index (χ0) is 17.2. The van der Waals surface area contributed by atoms with E-state index in [2.05, 4.69) is 14.9 Å². The van der Waals surface area contributed by atoms with Crippen LogP contribution in [0.5, 0.6) is 0 Å². The van der Waals surface area contributed by atoms with Gasteiger partial charge in [-0.05, 0) is 37.8 Å². The van der Waals surface area contributed by atoms with Crippen LogP contribution in [0, 0.1) is 26.7 Å². The molecule has 23 heavy (non-hydrogen) atoms. The Morgan fingerprint density at radius 1 is 1.09 bits per heavy atom. The summed E-state index contributed by atoms with van der Waals surface area (Å²) < 4.78 is 28.6. The number of hydrogen-bond donors (Lipinski definition) is 1. The maximum Gasteiger partial charge on any atom is 0.241 e. The second-order valence-corrected chi connectivity index (χ2v) is 7.93. The third-order valence-corrected chi connectivity index (χ3v) is 5.61. The Balaban J connectivity index is 2.32. The molecule has 0 aliphatic carbocycles. The van der Waals surface area contributed by atoms with Crippen molar-refractivity contribution in [2.75, 3.05) is 0 Å². The monoisotopic (exact) mass is 336 g/mol. The number of aromatic nitrogens is 3. The van der Waals surface area contributed by atoms with E-state index in [9.17, 15) is 8.42 Å². The Bertz CT molecular complexity index is 744. The molecule has 0 saturated heterocycles. The Morgan fingerprint density at radius 3 is 2.09 bits per heavy atom. The van der Waals surface area contributed by atoms with Gasteiger partial charge in [-0.1, -0.05) is 31.5 Å². The molecule has 0 fully saturated rings. The highest BCUT2D eigenvalue weighted by Gasteiger charge is 2.26. The van der Waals surface area contributed by atoms with Crippen LogP contribution in [0.15, 0.2) is 29.4 Å². The topological polar surface area (TPSA) is 76.9 Å². The molecule has 2 rings (SSSR count). The van der Waals surface area contributed by atoms with Gasteiger partial charge in [-0.2, -0.15) is 15.0 Å². The Morgan fingerprint density at radius 2 is 1.61 bits per heavy atom. The molecule has 1 atom stereocenters. The Hall–Kier alpha value is -1.73. The van der Waals surface area contributed by atoms with E-state index in [0.29, 0.717) is 11.4 Å². The second-order valence-electron chi connectivity index (χ2n) is 6.28. The minimum absolute atomic E-state index is 0.113. The van der Waals surface area contributed by atoms with Gasteiger partial charge in [0.2, 0.25) is 10.0 Å². The van der Waals surface area contributed by atoms with Crippen LogP contribution in [-0.4, -0.2) is 29.5 Å². The minimum atomic E-state index is -3.60. The Labute approximate surface area is 138 Å². The maximum atomic E-state index is 12.9. The van der Waals surface area contributed by atoms with Crippen LogP contribution in [-0.2, 0) is 16.6 Å². The molecular formula is C16H24N4O2S. The van der Waals surface area contributed by atoms with Crippen LogP contribution < -0.4 is 4.72 Å². The molecule has 1 N–H and O–H groups in total. The van der Waals surface area contributed by atoms with Crippen LogP contribution in [0.2, 0.25) is 0 Å². The van der Waals surface area contributed by atoms with Crippen molar-refractivity contribution in [2.45, 2.75) is 52.1 Å². The van der Waals surface area contributed by atoms with Crippen molar-refractivity contribution in [1.29, 1.82) is 0 Å². The van der Waals surface area contributed by atoms with Gasteiger partial charge in [-0.3, -0.25) is 0 Å². The standard InChI is InChI=1S/C16H24N4O2S/c1-11(2)15(10-20-17-6-7-18-20)19-23(21,22)16-13(4)8-12(3)9-14(16)5/h6-9,11,15,19H,10H2,1-5H3. The molecule has 1 aromatic carbocycles. The van der Waals surface area contributed by atoms with Gasteiger partial charge < -0.3 is 0 Å². The van der Waals surface area contributed by atoms with Gasteiger partial charge in [-0.15, -0.1) is 0 Å². The summed E-state index contributed by atoms with van der Waals surface area (Å²) in [4.78, 5) is 1.87. The van der Waals surface area contributed by atoms with Crippen LogP contribution in [0.4, 0.5) is 0 Å². The Kier molecular flexibility index (Phi) is 5.21. The van der Waals surface area contributed by atoms with Crippen LogP contribution in [0.1, 0.15) is 30.5 Å². The van der Waals surface area contributed by atoms with E-state index in [-0.39, 0.29) is 12.0 Å². The van der Waals surface area contributed by atoms with E-state index >= 15 is 0 Å². The number of nitrogens with one attached hydrogen (secondary N) is 1. The fourth-order valence-corrected chi connectivity index (χ4v) is 4.58. The van der Waals surface area contributed by atoms with E-state index in [0.717, 1.165) is 16.7 Å². The molecule has 0 radical (unpaired) electrons. The summed E-state index contributed by atoms with van der Waals surface area (Å²) in [5.41, 5.74) is 2.57. The number of benzene rings is 1. The van der Waals surface area contributed by atoms with Crippen molar-refractivity contribution in [3.05, 3.63) is 41.2 Å². The zero-order valence-electron chi connectivity index (χ0n) is 14.2. The number of aryl methyl sites for hydroxylation is 3. The molecule has 0 bridgehead atoms. The highest BCUT2D eigenvalue weighted by molar-refractivity contribution is 7.89. The van der Waals surface area contributed by atoms with Crippen LogP contribution >= 0.6 is 0 Å². The zero-order valence-corrected chi connectivity index (χ0v) is 15.1. The molecule has 7 heteroatoms. The average molecular weight is 336 g/mol. The molecule has 0 aliphatic heterocycles. The smallest absolute Gasteiger partial charge is 0.207 e. The lowest BCUT2D eigenvalue weighted by atomic mass is 10.1. The largest absolute Gasteiger partial charge is 0.241 e. The molecule has 1 aromatic heterocycles.